The van der Waals surface area contributed by atoms with Gasteiger partial charge in [-0.25, -0.2) is 4.39 Å². The van der Waals surface area contributed by atoms with E-state index in [0.717, 1.165) is 18.7 Å². The molecule has 1 rings (SSSR count). The third kappa shape index (κ3) is 6.42. The second kappa shape index (κ2) is 8.58. The van der Waals surface area contributed by atoms with Crippen molar-refractivity contribution in [2.45, 2.75) is 13.0 Å². The number of rotatable bonds is 8. The van der Waals surface area contributed by atoms with Crippen molar-refractivity contribution in [2.24, 2.45) is 5.73 Å². The number of nitrogens with two attached hydrogens (primary N) is 1. The van der Waals surface area contributed by atoms with Crippen molar-refractivity contribution < 1.29 is 9.13 Å². The number of benzene rings is 1. The summed E-state index contributed by atoms with van der Waals surface area (Å²) >= 11 is 8.08. The Morgan fingerprint density at radius 2 is 2.21 bits per heavy atom. The normalized spacial score (nSPS) is 10.9. The zero-order valence-electron chi connectivity index (χ0n) is 10.9. The van der Waals surface area contributed by atoms with Crippen molar-refractivity contribution in [1.29, 1.82) is 0 Å². The summed E-state index contributed by atoms with van der Waals surface area (Å²) in [6, 6.07) is 5.03. The van der Waals surface area contributed by atoms with Gasteiger partial charge in [0.05, 0.1) is 16.1 Å². The van der Waals surface area contributed by atoms with Gasteiger partial charge in [-0.3, -0.25) is 4.90 Å². The Balaban J connectivity index is 2.63. The fourth-order valence-corrected chi connectivity index (χ4v) is 2.17. The molecule has 0 fully saturated rings. The van der Waals surface area contributed by atoms with E-state index in [9.17, 15) is 4.39 Å². The zero-order chi connectivity index (χ0) is 14.3. The van der Waals surface area contributed by atoms with Crippen molar-refractivity contribution in [3.63, 3.8) is 0 Å². The van der Waals surface area contributed by atoms with E-state index in [4.69, 9.17) is 22.7 Å². The molecule has 106 valence electrons. The summed E-state index contributed by atoms with van der Waals surface area (Å²) < 4.78 is 18.7. The van der Waals surface area contributed by atoms with Crippen LogP contribution in [-0.4, -0.2) is 36.7 Å². The van der Waals surface area contributed by atoms with Crippen LogP contribution < -0.4 is 5.73 Å². The van der Waals surface area contributed by atoms with Gasteiger partial charge >= 0.3 is 0 Å². The Morgan fingerprint density at radius 3 is 2.79 bits per heavy atom. The highest BCUT2D eigenvalue weighted by Crippen LogP contribution is 2.18. The first kappa shape index (κ1) is 16.5. The number of methoxy groups -OCH3 is 1. The molecular formula is C13H18BrFN2OS. The van der Waals surface area contributed by atoms with E-state index >= 15 is 0 Å². The lowest BCUT2D eigenvalue weighted by molar-refractivity contribution is 0.146. The molecule has 0 heterocycles. The Kier molecular flexibility index (Phi) is 7.45. The van der Waals surface area contributed by atoms with Gasteiger partial charge in [-0.1, -0.05) is 18.3 Å². The topological polar surface area (TPSA) is 38.5 Å². The average Bonchev–Trinajstić information content (AvgIpc) is 2.37. The lowest BCUT2D eigenvalue weighted by Gasteiger charge is -2.22. The van der Waals surface area contributed by atoms with Crippen molar-refractivity contribution >= 4 is 33.1 Å². The molecule has 6 heteroatoms. The van der Waals surface area contributed by atoms with Crippen LogP contribution in [0.1, 0.15) is 12.0 Å². The van der Waals surface area contributed by atoms with Crippen molar-refractivity contribution in [3.8, 4) is 0 Å². The lowest BCUT2D eigenvalue weighted by Crippen LogP contribution is -2.30. The van der Waals surface area contributed by atoms with E-state index in [1.807, 2.05) is 0 Å². The second-order valence-electron chi connectivity index (χ2n) is 4.23. The lowest BCUT2D eigenvalue weighted by atomic mass is 10.2. The fraction of sp³-hybridized carbons (Fsp3) is 0.462. The van der Waals surface area contributed by atoms with E-state index in [2.05, 4.69) is 20.8 Å². The standard InChI is InChI=1S/C13H18BrFN2OS/c1-18-7-6-17(5-4-13(16)19)9-10-2-3-12(15)11(14)8-10/h2-3,8H,4-7,9H2,1H3,(H2,16,19). The summed E-state index contributed by atoms with van der Waals surface area (Å²) in [5.74, 6) is -0.254. The number of thiocarbonyl (C=S) groups is 1. The van der Waals surface area contributed by atoms with Gasteiger partial charge in [-0.2, -0.15) is 0 Å². The van der Waals surface area contributed by atoms with Crippen LogP contribution in [0.15, 0.2) is 22.7 Å². The van der Waals surface area contributed by atoms with Gasteiger partial charge in [-0.15, -0.1) is 0 Å². The first-order valence-corrected chi connectivity index (χ1v) is 7.16. The Hall–Kier alpha value is -0.560. The maximum Gasteiger partial charge on any atom is 0.137 e. The maximum absolute atomic E-state index is 13.2. The molecule has 19 heavy (non-hydrogen) atoms. The monoisotopic (exact) mass is 348 g/mol. The van der Waals surface area contributed by atoms with Crippen molar-refractivity contribution in [1.82, 2.24) is 4.90 Å². The Bertz CT molecular complexity index is 431. The molecule has 0 amide bonds. The Labute approximate surface area is 127 Å². The molecule has 0 aliphatic carbocycles. The molecule has 1 aromatic rings. The fourth-order valence-electron chi connectivity index (χ4n) is 1.65. The van der Waals surface area contributed by atoms with Gasteiger partial charge in [0.2, 0.25) is 0 Å². The highest BCUT2D eigenvalue weighted by atomic mass is 79.9. The first-order valence-electron chi connectivity index (χ1n) is 5.96. The molecule has 0 saturated heterocycles. The van der Waals surface area contributed by atoms with Crippen LogP contribution in [0.2, 0.25) is 0 Å². The quantitative estimate of drug-likeness (QED) is 0.733. The highest BCUT2D eigenvalue weighted by molar-refractivity contribution is 9.10. The predicted octanol–water partition coefficient (Wildman–Crippen LogP) is 2.71. The number of hydrogen-bond donors (Lipinski definition) is 1. The van der Waals surface area contributed by atoms with E-state index in [1.54, 1.807) is 19.2 Å². The number of halogens is 2. The third-order valence-electron chi connectivity index (χ3n) is 2.68. The van der Waals surface area contributed by atoms with Crippen LogP contribution in [0.3, 0.4) is 0 Å². The minimum atomic E-state index is -0.254. The van der Waals surface area contributed by atoms with Crippen molar-refractivity contribution in [3.05, 3.63) is 34.1 Å². The van der Waals surface area contributed by atoms with E-state index < -0.39 is 0 Å². The van der Waals surface area contributed by atoms with Crippen LogP contribution >= 0.6 is 28.1 Å². The second-order valence-corrected chi connectivity index (χ2v) is 5.61. The molecule has 0 atom stereocenters. The van der Waals surface area contributed by atoms with Gasteiger partial charge in [-0.05, 0) is 33.6 Å². The minimum absolute atomic E-state index is 0.254. The summed E-state index contributed by atoms with van der Waals surface area (Å²) in [5, 5.41) is 0. The van der Waals surface area contributed by atoms with E-state index in [-0.39, 0.29) is 5.82 Å². The van der Waals surface area contributed by atoms with Crippen LogP contribution in [-0.2, 0) is 11.3 Å². The molecular weight excluding hydrogens is 331 g/mol. The number of hydrogen-bond acceptors (Lipinski definition) is 3. The summed E-state index contributed by atoms with van der Waals surface area (Å²) in [4.78, 5) is 2.69. The molecule has 0 aromatic heterocycles. The van der Waals surface area contributed by atoms with E-state index in [1.165, 1.54) is 6.07 Å². The number of nitrogens with zero attached hydrogens (tertiary/aromatic N) is 1. The van der Waals surface area contributed by atoms with Crippen LogP contribution in [0, 0.1) is 5.82 Å². The third-order valence-corrected chi connectivity index (χ3v) is 3.49. The summed E-state index contributed by atoms with van der Waals surface area (Å²) in [5.41, 5.74) is 6.56. The molecule has 0 spiro atoms. The molecule has 2 N–H and O–H groups in total. The van der Waals surface area contributed by atoms with Gasteiger partial charge in [0.15, 0.2) is 0 Å². The average molecular weight is 349 g/mol. The summed E-state index contributed by atoms with van der Waals surface area (Å²) in [7, 11) is 1.67. The molecule has 3 nitrogen and oxygen atoms in total. The molecule has 0 aliphatic rings. The van der Waals surface area contributed by atoms with Crippen LogP contribution in [0.25, 0.3) is 0 Å². The summed E-state index contributed by atoms with van der Waals surface area (Å²) in [6.45, 7) is 2.91. The largest absolute Gasteiger partial charge is 0.393 e. The molecule has 0 saturated carbocycles. The minimum Gasteiger partial charge on any atom is -0.393 e. The zero-order valence-corrected chi connectivity index (χ0v) is 13.3. The predicted molar refractivity (Wildman–Crippen MR) is 82.7 cm³/mol. The Morgan fingerprint density at radius 1 is 1.47 bits per heavy atom. The van der Waals surface area contributed by atoms with Crippen LogP contribution in [0.4, 0.5) is 4.39 Å². The van der Waals surface area contributed by atoms with Crippen molar-refractivity contribution in [2.75, 3.05) is 26.8 Å². The smallest absolute Gasteiger partial charge is 0.137 e. The summed E-state index contributed by atoms with van der Waals surface area (Å²) in [6.07, 6.45) is 0.668. The molecule has 0 bridgehead atoms. The van der Waals surface area contributed by atoms with Gasteiger partial charge in [0.25, 0.3) is 0 Å². The maximum atomic E-state index is 13.2. The van der Waals surface area contributed by atoms with Gasteiger partial charge in [0.1, 0.15) is 5.82 Å². The molecule has 0 radical (unpaired) electrons. The molecule has 0 unspecified atom stereocenters. The molecule has 1 aromatic carbocycles. The SMILES string of the molecule is COCCN(CCC(N)=S)Cc1ccc(F)c(Br)c1. The highest BCUT2D eigenvalue weighted by Gasteiger charge is 2.08. The van der Waals surface area contributed by atoms with Gasteiger partial charge < -0.3 is 10.5 Å². The number of ether oxygens (including phenoxy) is 1. The van der Waals surface area contributed by atoms with Crippen LogP contribution in [0.5, 0.6) is 0 Å². The molecule has 0 aliphatic heterocycles. The van der Waals surface area contributed by atoms with E-state index in [0.29, 0.717) is 29.0 Å². The first-order chi connectivity index (χ1) is 9.02. The van der Waals surface area contributed by atoms with Gasteiger partial charge in [0, 0.05) is 33.2 Å².